The van der Waals surface area contributed by atoms with Crippen molar-refractivity contribution in [2.75, 3.05) is 31.4 Å². The fourth-order valence-electron chi connectivity index (χ4n) is 4.41. The first-order chi connectivity index (χ1) is 18.9. The minimum Gasteiger partial charge on any atom is -0.481 e. The van der Waals surface area contributed by atoms with Gasteiger partial charge in [0.2, 0.25) is 5.95 Å². The highest BCUT2D eigenvalue weighted by Gasteiger charge is 2.45. The second kappa shape index (κ2) is 11.2. The molecule has 0 aliphatic carbocycles. The number of fused-ring (bicyclic) bond motifs is 1. The Bertz CT molecular complexity index is 1460. The van der Waals surface area contributed by atoms with E-state index in [-0.39, 0.29) is 36.1 Å². The van der Waals surface area contributed by atoms with Crippen molar-refractivity contribution in [1.29, 1.82) is 0 Å². The Morgan fingerprint density at radius 1 is 1.15 bits per heavy atom. The molecule has 1 saturated heterocycles. The van der Waals surface area contributed by atoms with Crippen LogP contribution in [0.3, 0.4) is 0 Å². The normalized spacial score (nSPS) is 20.7. The number of nitrogens with one attached hydrogen (secondary N) is 1. The number of aliphatic hydroxyl groups is 3. The van der Waals surface area contributed by atoms with Crippen molar-refractivity contribution >= 4 is 28.9 Å². The molecule has 0 spiro atoms. The van der Waals surface area contributed by atoms with E-state index in [9.17, 15) is 20.1 Å². The van der Waals surface area contributed by atoms with Crippen LogP contribution in [0.25, 0.3) is 22.3 Å². The van der Waals surface area contributed by atoms with Crippen molar-refractivity contribution in [3.63, 3.8) is 0 Å². The molecule has 3 heterocycles. The third-order valence-corrected chi connectivity index (χ3v) is 6.43. The summed E-state index contributed by atoms with van der Waals surface area (Å²) in [4.78, 5) is 24.5. The number of ether oxygens (including phenoxy) is 3. The molecule has 2 aromatic carbocycles. The second-order valence-corrected chi connectivity index (χ2v) is 8.88. The van der Waals surface area contributed by atoms with E-state index in [1.165, 1.54) is 18.0 Å². The molecule has 0 saturated carbocycles. The predicted molar refractivity (Wildman–Crippen MR) is 139 cm³/mol. The number of imidazole rings is 1. The topological polar surface area (TPSA) is 187 Å². The number of nitrogens with zero attached hydrogens (tertiary/aromatic N) is 4. The summed E-state index contributed by atoms with van der Waals surface area (Å²) in [5, 5.41) is 33.7. The lowest BCUT2D eigenvalue weighted by Gasteiger charge is -2.20. The van der Waals surface area contributed by atoms with Crippen molar-refractivity contribution < 1.29 is 34.3 Å². The molecular weight excluding hydrogens is 508 g/mol. The van der Waals surface area contributed by atoms with E-state index in [0.29, 0.717) is 5.75 Å². The average molecular weight is 537 g/mol. The molecular formula is C26H28N6O7. The van der Waals surface area contributed by atoms with Gasteiger partial charge in [0.25, 0.3) is 0 Å². The Morgan fingerprint density at radius 2 is 1.95 bits per heavy atom. The summed E-state index contributed by atoms with van der Waals surface area (Å²) >= 11 is 0. The molecule has 1 aliphatic rings. The Morgan fingerprint density at radius 3 is 2.67 bits per heavy atom. The molecule has 0 amide bonds. The van der Waals surface area contributed by atoms with Crippen LogP contribution >= 0.6 is 0 Å². The van der Waals surface area contributed by atoms with Crippen LogP contribution in [0.2, 0.25) is 0 Å². The Kier molecular flexibility index (Phi) is 7.56. The molecule has 2 aromatic heterocycles. The van der Waals surface area contributed by atoms with Crippen LogP contribution < -0.4 is 15.8 Å². The summed E-state index contributed by atoms with van der Waals surface area (Å²) in [6.45, 7) is -0.495. The van der Waals surface area contributed by atoms with Crippen molar-refractivity contribution in [3.05, 3.63) is 60.4 Å². The highest BCUT2D eigenvalue weighted by Crippen LogP contribution is 2.36. The average Bonchev–Trinajstić information content (AvgIpc) is 3.47. The van der Waals surface area contributed by atoms with Gasteiger partial charge in [0.05, 0.1) is 13.7 Å². The van der Waals surface area contributed by atoms with E-state index < -0.39 is 37.1 Å². The molecule has 1 fully saturated rings. The summed E-state index contributed by atoms with van der Waals surface area (Å²) in [7, 11) is 1.29. The molecule has 4 atom stereocenters. The van der Waals surface area contributed by atoms with Crippen molar-refractivity contribution in [2.45, 2.75) is 31.1 Å². The SMILES string of the molecule is COC(=O)COc1cc(CNc2nc3c(N)ncnc3n2[C@@H]2O[C@H](CO)[C@@H](O)[C@H]2O)ccc1-c1ccccc1. The van der Waals surface area contributed by atoms with Gasteiger partial charge in [0.15, 0.2) is 29.8 Å². The quantitative estimate of drug-likeness (QED) is 0.190. The van der Waals surface area contributed by atoms with E-state index in [4.69, 9.17) is 19.9 Å². The van der Waals surface area contributed by atoms with Crippen LogP contribution in [0.4, 0.5) is 11.8 Å². The van der Waals surface area contributed by atoms with Gasteiger partial charge in [0, 0.05) is 12.1 Å². The maximum absolute atomic E-state index is 11.7. The molecule has 0 bridgehead atoms. The Labute approximate surface area is 222 Å². The molecule has 204 valence electrons. The molecule has 39 heavy (non-hydrogen) atoms. The van der Waals surface area contributed by atoms with Crippen LogP contribution in [0.5, 0.6) is 5.75 Å². The van der Waals surface area contributed by atoms with Crippen molar-refractivity contribution in [3.8, 4) is 16.9 Å². The van der Waals surface area contributed by atoms with Gasteiger partial charge in [-0.05, 0) is 17.2 Å². The number of carbonyl (C=O) groups is 1. The summed E-state index contributed by atoms with van der Waals surface area (Å²) < 4.78 is 17.7. The zero-order chi connectivity index (χ0) is 27.5. The lowest BCUT2D eigenvalue weighted by Crippen LogP contribution is -2.33. The lowest BCUT2D eigenvalue weighted by atomic mass is 10.0. The van der Waals surface area contributed by atoms with Gasteiger partial charge in [-0.3, -0.25) is 4.57 Å². The molecule has 5 rings (SSSR count). The van der Waals surface area contributed by atoms with Gasteiger partial charge in [-0.15, -0.1) is 0 Å². The van der Waals surface area contributed by atoms with Crippen LogP contribution in [-0.2, 0) is 20.8 Å². The summed E-state index contributed by atoms with van der Waals surface area (Å²) in [6.07, 6.45) is -3.51. The van der Waals surface area contributed by atoms with Crippen molar-refractivity contribution in [2.24, 2.45) is 0 Å². The number of anilines is 2. The number of benzene rings is 2. The number of hydrogen-bond donors (Lipinski definition) is 5. The minimum atomic E-state index is -1.36. The number of esters is 1. The van der Waals surface area contributed by atoms with E-state index in [1.807, 2.05) is 42.5 Å². The summed E-state index contributed by atoms with van der Waals surface area (Å²) in [5.74, 6) is 0.344. The molecule has 13 heteroatoms. The number of methoxy groups -OCH3 is 1. The van der Waals surface area contributed by atoms with Gasteiger partial charge in [-0.2, -0.15) is 0 Å². The number of aliphatic hydroxyl groups excluding tert-OH is 3. The van der Waals surface area contributed by atoms with Crippen LogP contribution in [0.1, 0.15) is 11.8 Å². The van der Waals surface area contributed by atoms with Gasteiger partial charge in [0.1, 0.15) is 30.4 Å². The maximum Gasteiger partial charge on any atom is 0.343 e. The van der Waals surface area contributed by atoms with Crippen LogP contribution in [0.15, 0.2) is 54.9 Å². The molecule has 0 radical (unpaired) electrons. The largest absolute Gasteiger partial charge is 0.481 e. The number of hydrogen-bond acceptors (Lipinski definition) is 12. The van der Waals surface area contributed by atoms with Gasteiger partial charge in [-0.1, -0.05) is 42.5 Å². The predicted octanol–water partition coefficient (Wildman–Crippen LogP) is 0.851. The zero-order valence-electron chi connectivity index (χ0n) is 21.0. The molecule has 1 aliphatic heterocycles. The molecule has 0 unspecified atom stereocenters. The highest BCUT2D eigenvalue weighted by molar-refractivity contribution is 5.84. The van der Waals surface area contributed by atoms with E-state index in [2.05, 4.69) is 20.3 Å². The smallest absolute Gasteiger partial charge is 0.343 e. The van der Waals surface area contributed by atoms with Gasteiger partial charge < -0.3 is 40.6 Å². The van der Waals surface area contributed by atoms with Crippen molar-refractivity contribution in [1.82, 2.24) is 19.5 Å². The lowest BCUT2D eigenvalue weighted by molar-refractivity contribution is -0.142. The third-order valence-electron chi connectivity index (χ3n) is 6.43. The fourth-order valence-corrected chi connectivity index (χ4v) is 4.41. The Balaban J connectivity index is 1.47. The van der Waals surface area contributed by atoms with Crippen LogP contribution in [0, 0.1) is 0 Å². The molecule has 4 aromatic rings. The molecule has 6 N–H and O–H groups in total. The Hall–Kier alpha value is -4.30. The number of nitrogens with two attached hydrogens (primary N) is 1. The maximum atomic E-state index is 11.7. The number of nitrogen functional groups attached to an aromatic ring is 1. The van der Waals surface area contributed by atoms with E-state index in [1.54, 1.807) is 6.07 Å². The third kappa shape index (κ3) is 5.20. The fraction of sp³-hybridized carbons (Fsp3) is 0.308. The summed E-state index contributed by atoms with van der Waals surface area (Å²) in [6, 6.07) is 15.2. The first kappa shape index (κ1) is 26.3. The number of carbonyl (C=O) groups excluding carboxylic acids is 1. The number of aromatic nitrogens is 4. The van der Waals surface area contributed by atoms with E-state index in [0.717, 1.165) is 16.7 Å². The van der Waals surface area contributed by atoms with Crippen LogP contribution in [-0.4, -0.2) is 79.4 Å². The second-order valence-electron chi connectivity index (χ2n) is 8.88. The zero-order valence-corrected chi connectivity index (χ0v) is 21.0. The molecule has 13 nitrogen and oxygen atoms in total. The first-order valence-electron chi connectivity index (χ1n) is 12.1. The first-order valence-corrected chi connectivity index (χ1v) is 12.1. The number of rotatable bonds is 9. The van der Waals surface area contributed by atoms with Gasteiger partial charge in [-0.25, -0.2) is 19.7 Å². The monoisotopic (exact) mass is 536 g/mol. The van der Waals surface area contributed by atoms with E-state index >= 15 is 0 Å². The summed E-state index contributed by atoms with van der Waals surface area (Å²) in [5.41, 5.74) is 9.07. The standard InChI is InChI=1S/C26H28N6O7/c1-37-19(34)12-38-17-9-14(7-8-16(17)15-5-3-2-4-6-15)10-28-26-31-20-23(27)29-13-30-24(20)32(26)25-22(36)21(35)18(11-33)39-25/h2-9,13,18,21-22,25,33,35-36H,10-12H2,1H3,(H,28,31)(H2,27,29,30)/t18-,21-,22-,25-/m1/s1. The van der Waals surface area contributed by atoms with Gasteiger partial charge >= 0.3 is 5.97 Å². The minimum absolute atomic E-state index is 0.124. The highest BCUT2D eigenvalue weighted by atomic mass is 16.6.